The smallest absolute Gasteiger partial charge is 0.261 e. The van der Waals surface area contributed by atoms with Gasteiger partial charge in [-0.25, -0.2) is 8.42 Å². The molecule has 0 bridgehead atoms. The molecular formula is C13H19ClO3S. The van der Waals surface area contributed by atoms with Crippen molar-refractivity contribution in [1.82, 2.24) is 0 Å². The molecule has 0 aliphatic heterocycles. The van der Waals surface area contributed by atoms with Crippen molar-refractivity contribution in [3.05, 3.63) is 23.8 Å². The highest BCUT2D eigenvalue weighted by atomic mass is 35.7. The summed E-state index contributed by atoms with van der Waals surface area (Å²) in [5, 5.41) is 0. The number of hydrogen-bond donors (Lipinski definition) is 0. The molecule has 0 aromatic heterocycles. The standard InChI is InChI=1S/C13H19ClO3S/c1-10-9-11(18(14,15)16)5-6-12(10)17-8-7-13(2,3)4/h5-6,9H,7-8H2,1-4H3. The van der Waals surface area contributed by atoms with Crippen molar-refractivity contribution in [2.24, 2.45) is 5.41 Å². The van der Waals surface area contributed by atoms with E-state index in [1.807, 2.05) is 0 Å². The van der Waals surface area contributed by atoms with Crippen LogP contribution in [0.15, 0.2) is 23.1 Å². The summed E-state index contributed by atoms with van der Waals surface area (Å²) in [7, 11) is 1.61. The molecule has 3 nitrogen and oxygen atoms in total. The Morgan fingerprint density at radius 2 is 1.89 bits per heavy atom. The van der Waals surface area contributed by atoms with E-state index in [0.717, 1.165) is 12.0 Å². The van der Waals surface area contributed by atoms with Crippen LogP contribution in [-0.2, 0) is 9.05 Å². The van der Waals surface area contributed by atoms with E-state index >= 15 is 0 Å². The third-order valence-electron chi connectivity index (χ3n) is 2.54. The fourth-order valence-corrected chi connectivity index (χ4v) is 2.24. The molecule has 1 aromatic carbocycles. The molecule has 0 spiro atoms. The van der Waals surface area contributed by atoms with Gasteiger partial charge in [0.05, 0.1) is 11.5 Å². The fraction of sp³-hybridized carbons (Fsp3) is 0.538. The van der Waals surface area contributed by atoms with Crippen LogP contribution in [-0.4, -0.2) is 15.0 Å². The van der Waals surface area contributed by atoms with Gasteiger partial charge in [-0.3, -0.25) is 0 Å². The highest BCUT2D eigenvalue weighted by Gasteiger charge is 2.13. The number of ether oxygens (including phenoxy) is 1. The van der Waals surface area contributed by atoms with E-state index in [1.54, 1.807) is 13.0 Å². The summed E-state index contributed by atoms with van der Waals surface area (Å²) < 4.78 is 28.0. The summed E-state index contributed by atoms with van der Waals surface area (Å²) >= 11 is 0. The second-order valence-electron chi connectivity index (χ2n) is 5.52. The van der Waals surface area contributed by atoms with Crippen molar-refractivity contribution >= 4 is 19.7 Å². The minimum Gasteiger partial charge on any atom is -0.493 e. The Bertz CT molecular complexity index is 516. The van der Waals surface area contributed by atoms with Crippen LogP contribution in [0.5, 0.6) is 5.75 Å². The molecule has 5 heteroatoms. The Morgan fingerprint density at radius 1 is 1.28 bits per heavy atom. The first kappa shape index (κ1) is 15.3. The van der Waals surface area contributed by atoms with E-state index < -0.39 is 9.05 Å². The van der Waals surface area contributed by atoms with Crippen LogP contribution < -0.4 is 4.74 Å². The van der Waals surface area contributed by atoms with Gasteiger partial charge in [0.2, 0.25) is 0 Å². The second-order valence-corrected chi connectivity index (χ2v) is 8.09. The third kappa shape index (κ3) is 4.86. The lowest BCUT2D eigenvalue weighted by molar-refractivity contribution is 0.242. The first-order valence-electron chi connectivity index (χ1n) is 5.78. The average Bonchev–Trinajstić information content (AvgIpc) is 2.17. The minimum atomic E-state index is -3.67. The maximum absolute atomic E-state index is 11.2. The van der Waals surface area contributed by atoms with Crippen LogP contribution in [0.2, 0.25) is 0 Å². The highest BCUT2D eigenvalue weighted by Crippen LogP contribution is 2.25. The fourth-order valence-electron chi connectivity index (χ4n) is 1.40. The molecular weight excluding hydrogens is 272 g/mol. The minimum absolute atomic E-state index is 0.102. The van der Waals surface area contributed by atoms with Gasteiger partial charge in [0, 0.05) is 10.7 Å². The van der Waals surface area contributed by atoms with Crippen molar-refractivity contribution < 1.29 is 13.2 Å². The van der Waals surface area contributed by atoms with E-state index in [0.29, 0.717) is 12.4 Å². The van der Waals surface area contributed by atoms with Crippen LogP contribution in [0.4, 0.5) is 0 Å². The monoisotopic (exact) mass is 290 g/mol. The molecule has 0 saturated heterocycles. The van der Waals surface area contributed by atoms with Crippen molar-refractivity contribution in [2.45, 2.75) is 39.0 Å². The number of halogens is 1. The Morgan fingerprint density at radius 3 is 2.33 bits per heavy atom. The molecule has 0 fully saturated rings. The van der Waals surface area contributed by atoms with Crippen molar-refractivity contribution in [3.8, 4) is 5.75 Å². The average molecular weight is 291 g/mol. The zero-order valence-electron chi connectivity index (χ0n) is 11.2. The zero-order valence-corrected chi connectivity index (χ0v) is 12.7. The van der Waals surface area contributed by atoms with Gasteiger partial charge in [-0.05, 0) is 42.5 Å². The number of hydrogen-bond acceptors (Lipinski definition) is 3. The Kier molecular flexibility index (Phi) is 4.67. The van der Waals surface area contributed by atoms with E-state index in [1.165, 1.54) is 12.1 Å². The summed E-state index contributed by atoms with van der Waals surface area (Å²) in [4.78, 5) is 0.102. The third-order valence-corrected chi connectivity index (χ3v) is 3.89. The molecule has 0 unspecified atom stereocenters. The van der Waals surface area contributed by atoms with E-state index in [9.17, 15) is 8.42 Å². The van der Waals surface area contributed by atoms with Crippen molar-refractivity contribution in [1.29, 1.82) is 0 Å². The molecule has 0 N–H and O–H groups in total. The topological polar surface area (TPSA) is 43.4 Å². The van der Waals surface area contributed by atoms with Gasteiger partial charge in [-0.15, -0.1) is 0 Å². The quantitative estimate of drug-likeness (QED) is 0.794. The lowest BCUT2D eigenvalue weighted by atomic mass is 9.93. The summed E-state index contributed by atoms with van der Waals surface area (Å²) in [6.45, 7) is 8.85. The van der Waals surface area contributed by atoms with Crippen LogP contribution in [0, 0.1) is 12.3 Å². The summed E-state index contributed by atoms with van der Waals surface area (Å²) in [6, 6.07) is 4.63. The molecule has 18 heavy (non-hydrogen) atoms. The molecule has 0 radical (unpaired) electrons. The second kappa shape index (κ2) is 5.49. The van der Waals surface area contributed by atoms with Crippen molar-refractivity contribution in [3.63, 3.8) is 0 Å². The van der Waals surface area contributed by atoms with Gasteiger partial charge in [-0.2, -0.15) is 0 Å². The maximum atomic E-state index is 11.2. The van der Waals surface area contributed by atoms with E-state index in [4.69, 9.17) is 15.4 Å². The number of aryl methyl sites for hydroxylation is 1. The molecule has 102 valence electrons. The zero-order chi connectivity index (χ0) is 14.0. The van der Waals surface area contributed by atoms with Gasteiger partial charge in [0.1, 0.15) is 5.75 Å². The van der Waals surface area contributed by atoms with Crippen LogP contribution >= 0.6 is 10.7 Å². The molecule has 0 atom stereocenters. The predicted octanol–water partition coefficient (Wildman–Crippen LogP) is 3.74. The molecule has 0 aliphatic rings. The molecule has 0 amide bonds. The summed E-state index contributed by atoms with van der Waals surface area (Å²) in [5.74, 6) is 0.698. The molecule has 1 rings (SSSR count). The molecule has 0 aliphatic carbocycles. The molecule has 1 aromatic rings. The normalized spacial score (nSPS) is 12.5. The summed E-state index contributed by atoms with van der Waals surface area (Å²) in [6.07, 6.45) is 0.933. The van der Waals surface area contributed by atoms with Gasteiger partial charge >= 0.3 is 0 Å². The molecule has 0 heterocycles. The van der Waals surface area contributed by atoms with Gasteiger partial charge in [-0.1, -0.05) is 20.8 Å². The van der Waals surface area contributed by atoms with Crippen molar-refractivity contribution in [2.75, 3.05) is 6.61 Å². The van der Waals surface area contributed by atoms with Gasteiger partial charge in [0.15, 0.2) is 0 Å². The Hall–Kier alpha value is -0.740. The SMILES string of the molecule is Cc1cc(S(=O)(=O)Cl)ccc1OCCC(C)(C)C. The van der Waals surface area contributed by atoms with Gasteiger partial charge in [0.25, 0.3) is 9.05 Å². The Labute approximate surface area is 114 Å². The number of benzene rings is 1. The van der Waals surface area contributed by atoms with Gasteiger partial charge < -0.3 is 4.74 Å². The van der Waals surface area contributed by atoms with E-state index in [-0.39, 0.29) is 10.3 Å². The largest absolute Gasteiger partial charge is 0.493 e. The number of rotatable bonds is 4. The molecule has 0 saturated carbocycles. The van der Waals surface area contributed by atoms with Crippen LogP contribution in [0.3, 0.4) is 0 Å². The summed E-state index contributed by atoms with van der Waals surface area (Å²) in [5.41, 5.74) is 0.985. The van der Waals surface area contributed by atoms with E-state index in [2.05, 4.69) is 20.8 Å². The lowest BCUT2D eigenvalue weighted by Gasteiger charge is -2.18. The van der Waals surface area contributed by atoms with Crippen LogP contribution in [0.25, 0.3) is 0 Å². The first-order chi connectivity index (χ1) is 8.09. The lowest BCUT2D eigenvalue weighted by Crippen LogP contribution is -2.11. The maximum Gasteiger partial charge on any atom is 0.261 e. The predicted molar refractivity (Wildman–Crippen MR) is 73.8 cm³/mol. The Balaban J connectivity index is 2.75. The highest BCUT2D eigenvalue weighted by molar-refractivity contribution is 8.13. The van der Waals surface area contributed by atoms with Crippen LogP contribution in [0.1, 0.15) is 32.8 Å². The first-order valence-corrected chi connectivity index (χ1v) is 8.09.